The van der Waals surface area contributed by atoms with Crippen LogP contribution in [-0.2, 0) is 4.79 Å². The van der Waals surface area contributed by atoms with Gasteiger partial charge < -0.3 is 0 Å². The Morgan fingerprint density at radius 3 is 2.86 bits per heavy atom. The van der Waals surface area contributed by atoms with E-state index >= 15 is 0 Å². The molecule has 72 valence electrons. The molecular weight excluding hydrogens is 244 g/mol. The molecule has 1 amide bonds. The first-order chi connectivity index (χ1) is 6.63. The molecule has 1 aromatic rings. The summed E-state index contributed by atoms with van der Waals surface area (Å²) in [6, 6.07) is 3.55. The van der Waals surface area contributed by atoms with Gasteiger partial charge >= 0.3 is 5.91 Å². The summed E-state index contributed by atoms with van der Waals surface area (Å²) in [5.74, 6) is 5.06. The molecule has 0 radical (unpaired) electrons. The first-order valence-electron chi connectivity index (χ1n) is 4.00. The summed E-state index contributed by atoms with van der Waals surface area (Å²) in [5.41, 5.74) is 0.826. The van der Waals surface area contributed by atoms with Gasteiger partial charge in [0, 0.05) is 4.47 Å². The summed E-state index contributed by atoms with van der Waals surface area (Å²) < 4.78 is 0.914. The van der Waals surface area contributed by atoms with Gasteiger partial charge in [0.1, 0.15) is 5.82 Å². The lowest BCUT2D eigenvalue weighted by Crippen LogP contribution is -2.10. The maximum absolute atomic E-state index is 11.1. The van der Waals surface area contributed by atoms with Crippen molar-refractivity contribution >= 4 is 27.7 Å². The minimum absolute atomic E-state index is 0.346. The van der Waals surface area contributed by atoms with E-state index in [0.717, 1.165) is 10.2 Å². The first-order valence-corrected chi connectivity index (χ1v) is 4.79. The average Bonchev–Trinajstić information content (AvgIpc) is 2.12. The Morgan fingerprint density at radius 2 is 2.29 bits per heavy atom. The lowest BCUT2D eigenvalue weighted by molar-refractivity contribution is -0.111. The smallest absolute Gasteiger partial charge is 0.300 e. The van der Waals surface area contributed by atoms with Gasteiger partial charge in [-0.15, -0.1) is 0 Å². The molecular formula is C10H9BrN2O. The van der Waals surface area contributed by atoms with Crippen LogP contribution in [-0.4, -0.2) is 10.9 Å². The van der Waals surface area contributed by atoms with Crippen LogP contribution in [0.25, 0.3) is 0 Å². The van der Waals surface area contributed by atoms with Crippen molar-refractivity contribution in [3.05, 3.63) is 22.3 Å². The van der Waals surface area contributed by atoms with Gasteiger partial charge in [-0.1, -0.05) is 5.92 Å². The number of aryl methyl sites for hydroxylation is 1. The molecule has 1 heterocycles. The van der Waals surface area contributed by atoms with E-state index in [4.69, 9.17) is 0 Å². The Morgan fingerprint density at radius 1 is 1.57 bits per heavy atom. The Kier molecular flexibility index (Phi) is 3.66. The predicted octanol–water partition coefficient (Wildman–Crippen LogP) is 2.11. The predicted molar refractivity (Wildman–Crippen MR) is 58.8 cm³/mol. The van der Waals surface area contributed by atoms with Crippen LogP contribution in [0.3, 0.4) is 0 Å². The second-order valence-corrected chi connectivity index (χ2v) is 3.45. The molecule has 0 aromatic carbocycles. The number of rotatable bonds is 1. The SMILES string of the molecule is CC#CC(=O)Nc1ccc(Br)c(C)n1. The van der Waals surface area contributed by atoms with E-state index in [1.165, 1.54) is 0 Å². The molecule has 1 rings (SSSR count). The molecule has 3 nitrogen and oxygen atoms in total. The number of halogens is 1. The second-order valence-electron chi connectivity index (χ2n) is 2.59. The van der Waals surface area contributed by atoms with Gasteiger partial charge in [0.05, 0.1) is 5.69 Å². The van der Waals surface area contributed by atoms with Crippen LogP contribution >= 0.6 is 15.9 Å². The zero-order valence-corrected chi connectivity index (χ0v) is 9.47. The van der Waals surface area contributed by atoms with Crippen molar-refractivity contribution in [1.82, 2.24) is 4.98 Å². The first kappa shape index (κ1) is 10.7. The maximum Gasteiger partial charge on any atom is 0.301 e. The fourth-order valence-electron chi connectivity index (χ4n) is 0.875. The Bertz CT molecular complexity index is 418. The summed E-state index contributed by atoms with van der Waals surface area (Å²) in [5, 5.41) is 2.57. The highest BCUT2D eigenvalue weighted by Crippen LogP contribution is 2.15. The number of anilines is 1. The van der Waals surface area contributed by atoms with E-state index in [0.29, 0.717) is 5.82 Å². The highest BCUT2D eigenvalue weighted by molar-refractivity contribution is 9.10. The van der Waals surface area contributed by atoms with Crippen molar-refractivity contribution in [3.8, 4) is 11.8 Å². The fourth-order valence-corrected chi connectivity index (χ4v) is 1.10. The van der Waals surface area contributed by atoms with Gasteiger partial charge in [0.25, 0.3) is 0 Å². The lowest BCUT2D eigenvalue weighted by Gasteiger charge is -2.02. The van der Waals surface area contributed by atoms with Gasteiger partial charge in [0.2, 0.25) is 0 Å². The van der Waals surface area contributed by atoms with E-state index in [9.17, 15) is 4.79 Å². The molecule has 0 aliphatic carbocycles. The molecule has 1 N–H and O–H groups in total. The second kappa shape index (κ2) is 4.77. The standard InChI is InChI=1S/C10H9BrN2O/c1-3-4-10(14)13-9-6-5-8(11)7(2)12-9/h5-6H,1-2H3,(H,12,13,14). The summed E-state index contributed by atoms with van der Waals surface area (Å²) in [7, 11) is 0. The van der Waals surface area contributed by atoms with Crippen LogP contribution in [0.4, 0.5) is 5.82 Å². The summed E-state index contributed by atoms with van der Waals surface area (Å²) in [4.78, 5) is 15.2. The van der Waals surface area contributed by atoms with Gasteiger partial charge in [-0.05, 0) is 47.8 Å². The number of carbonyl (C=O) groups excluding carboxylic acids is 1. The molecule has 0 atom stereocenters. The largest absolute Gasteiger partial charge is 0.301 e. The average molecular weight is 253 g/mol. The third-order valence-electron chi connectivity index (χ3n) is 1.50. The number of nitrogens with zero attached hydrogens (tertiary/aromatic N) is 1. The molecule has 4 heteroatoms. The number of hydrogen-bond acceptors (Lipinski definition) is 2. The zero-order valence-electron chi connectivity index (χ0n) is 7.89. The van der Waals surface area contributed by atoms with Crippen LogP contribution in [0.15, 0.2) is 16.6 Å². The molecule has 0 saturated carbocycles. The Labute approximate surface area is 91.1 Å². The monoisotopic (exact) mass is 252 g/mol. The minimum Gasteiger partial charge on any atom is -0.300 e. The van der Waals surface area contributed by atoms with Crippen LogP contribution in [0, 0.1) is 18.8 Å². The summed E-state index contributed by atoms with van der Waals surface area (Å²) in [6.45, 7) is 3.46. The van der Waals surface area contributed by atoms with Crippen molar-refractivity contribution in [2.24, 2.45) is 0 Å². The molecule has 0 aliphatic rings. The van der Waals surface area contributed by atoms with Crippen molar-refractivity contribution in [3.63, 3.8) is 0 Å². The normalized spacial score (nSPS) is 8.79. The maximum atomic E-state index is 11.1. The number of aromatic nitrogens is 1. The van der Waals surface area contributed by atoms with E-state index in [1.807, 2.05) is 13.0 Å². The zero-order chi connectivity index (χ0) is 10.6. The van der Waals surface area contributed by atoms with Crippen molar-refractivity contribution < 1.29 is 4.79 Å². The third kappa shape index (κ3) is 2.86. The van der Waals surface area contributed by atoms with E-state index in [-0.39, 0.29) is 5.91 Å². The highest BCUT2D eigenvalue weighted by Gasteiger charge is 2.01. The quantitative estimate of drug-likeness (QED) is 0.779. The number of carbonyl (C=O) groups is 1. The molecule has 0 aliphatic heterocycles. The van der Waals surface area contributed by atoms with Crippen molar-refractivity contribution in [2.75, 3.05) is 5.32 Å². The van der Waals surface area contributed by atoms with Crippen LogP contribution < -0.4 is 5.32 Å². The van der Waals surface area contributed by atoms with E-state index in [2.05, 4.69) is 38.1 Å². The topological polar surface area (TPSA) is 42.0 Å². The molecule has 0 saturated heterocycles. The van der Waals surface area contributed by atoms with Gasteiger partial charge in [-0.2, -0.15) is 0 Å². The Balaban J connectivity index is 2.81. The number of amides is 1. The fraction of sp³-hybridized carbons (Fsp3) is 0.200. The van der Waals surface area contributed by atoms with Gasteiger partial charge in [-0.25, -0.2) is 4.98 Å². The van der Waals surface area contributed by atoms with E-state index < -0.39 is 0 Å². The number of nitrogens with one attached hydrogen (secondary N) is 1. The van der Waals surface area contributed by atoms with E-state index in [1.54, 1.807) is 13.0 Å². The summed E-state index contributed by atoms with van der Waals surface area (Å²) >= 11 is 3.32. The van der Waals surface area contributed by atoms with Crippen molar-refractivity contribution in [1.29, 1.82) is 0 Å². The van der Waals surface area contributed by atoms with Crippen LogP contribution in [0.2, 0.25) is 0 Å². The molecule has 1 aromatic heterocycles. The number of pyridine rings is 1. The van der Waals surface area contributed by atoms with Gasteiger partial charge in [0.15, 0.2) is 0 Å². The summed E-state index contributed by atoms with van der Waals surface area (Å²) in [6.07, 6.45) is 0. The molecule has 0 spiro atoms. The van der Waals surface area contributed by atoms with Crippen LogP contribution in [0.1, 0.15) is 12.6 Å². The number of hydrogen-bond donors (Lipinski definition) is 1. The van der Waals surface area contributed by atoms with Gasteiger partial charge in [-0.3, -0.25) is 10.1 Å². The van der Waals surface area contributed by atoms with Crippen LogP contribution in [0.5, 0.6) is 0 Å². The third-order valence-corrected chi connectivity index (χ3v) is 2.34. The Hall–Kier alpha value is -1.34. The van der Waals surface area contributed by atoms with Crippen molar-refractivity contribution in [2.45, 2.75) is 13.8 Å². The highest BCUT2D eigenvalue weighted by atomic mass is 79.9. The lowest BCUT2D eigenvalue weighted by atomic mass is 10.3. The molecule has 0 unspecified atom stereocenters. The molecule has 14 heavy (non-hydrogen) atoms. The molecule has 0 fully saturated rings. The molecule has 0 bridgehead atoms. The minimum atomic E-state index is -0.346.